The molecule has 0 bridgehead atoms. The fraction of sp³-hybridized carbons (Fsp3) is 0.333. The van der Waals surface area contributed by atoms with Gasteiger partial charge in [0.05, 0.1) is 37.1 Å². The van der Waals surface area contributed by atoms with Crippen LogP contribution in [-0.2, 0) is 4.74 Å². The topological polar surface area (TPSA) is 64.4 Å². The highest BCUT2D eigenvalue weighted by Gasteiger charge is 2.23. The lowest BCUT2D eigenvalue weighted by atomic mass is 10.3. The molecule has 0 radical (unpaired) electrons. The SMILES string of the molecule is N#Cc1cccnc1N1C=C(N2CCOCC2)NS1. The summed E-state index contributed by atoms with van der Waals surface area (Å²) in [5.74, 6) is 1.69. The lowest BCUT2D eigenvalue weighted by Gasteiger charge is -2.28. The molecule has 98 valence electrons. The van der Waals surface area contributed by atoms with Crippen LogP contribution in [0.5, 0.6) is 0 Å². The molecular formula is C12H13N5OS. The van der Waals surface area contributed by atoms with Crippen molar-refractivity contribution in [2.75, 3.05) is 30.6 Å². The van der Waals surface area contributed by atoms with E-state index in [2.05, 4.69) is 20.7 Å². The van der Waals surface area contributed by atoms with E-state index in [9.17, 15) is 0 Å². The maximum atomic E-state index is 9.10. The van der Waals surface area contributed by atoms with Gasteiger partial charge >= 0.3 is 0 Å². The smallest absolute Gasteiger partial charge is 0.162 e. The summed E-state index contributed by atoms with van der Waals surface area (Å²) in [5.41, 5.74) is 0.566. The normalized spacial score (nSPS) is 18.8. The van der Waals surface area contributed by atoms with Crippen molar-refractivity contribution in [1.29, 1.82) is 5.26 Å². The molecule has 7 heteroatoms. The Morgan fingerprint density at radius 3 is 3.05 bits per heavy atom. The Bertz CT molecular complexity index is 535. The van der Waals surface area contributed by atoms with E-state index in [0.717, 1.165) is 32.1 Å². The number of pyridine rings is 1. The second kappa shape index (κ2) is 5.38. The summed E-state index contributed by atoms with van der Waals surface area (Å²) in [6.07, 6.45) is 3.66. The van der Waals surface area contributed by atoms with Gasteiger partial charge in [0.2, 0.25) is 0 Å². The summed E-state index contributed by atoms with van der Waals surface area (Å²) in [4.78, 5) is 6.49. The molecule has 0 atom stereocenters. The highest BCUT2D eigenvalue weighted by Crippen LogP contribution is 2.29. The molecule has 1 saturated heterocycles. The van der Waals surface area contributed by atoms with Crippen molar-refractivity contribution < 1.29 is 4.74 Å². The number of ether oxygens (including phenoxy) is 1. The monoisotopic (exact) mass is 275 g/mol. The Labute approximate surface area is 115 Å². The van der Waals surface area contributed by atoms with Gasteiger partial charge in [-0.15, -0.1) is 0 Å². The molecule has 1 fully saturated rings. The zero-order valence-electron chi connectivity index (χ0n) is 10.2. The maximum Gasteiger partial charge on any atom is 0.162 e. The Morgan fingerprint density at radius 2 is 2.26 bits per heavy atom. The quantitative estimate of drug-likeness (QED) is 0.809. The number of rotatable bonds is 2. The van der Waals surface area contributed by atoms with Crippen molar-refractivity contribution in [1.82, 2.24) is 14.6 Å². The van der Waals surface area contributed by atoms with Gasteiger partial charge in [-0.25, -0.2) is 4.98 Å². The van der Waals surface area contributed by atoms with E-state index in [4.69, 9.17) is 10.00 Å². The summed E-state index contributed by atoms with van der Waals surface area (Å²) < 4.78 is 10.5. The van der Waals surface area contributed by atoms with Crippen LogP contribution in [0.1, 0.15) is 5.56 Å². The Morgan fingerprint density at radius 1 is 1.42 bits per heavy atom. The van der Waals surface area contributed by atoms with Crippen LogP contribution < -0.4 is 9.03 Å². The van der Waals surface area contributed by atoms with E-state index in [-0.39, 0.29) is 0 Å². The molecule has 1 N–H and O–H groups in total. The molecule has 2 aliphatic rings. The molecule has 0 aromatic carbocycles. The van der Waals surface area contributed by atoms with Crippen molar-refractivity contribution in [3.05, 3.63) is 35.9 Å². The first-order valence-electron chi connectivity index (χ1n) is 6.00. The summed E-state index contributed by atoms with van der Waals surface area (Å²) in [5, 5.41) is 9.10. The van der Waals surface area contributed by atoms with Gasteiger partial charge in [0.25, 0.3) is 0 Å². The average molecular weight is 275 g/mol. The van der Waals surface area contributed by atoms with Gasteiger partial charge in [-0.2, -0.15) is 5.26 Å². The minimum atomic E-state index is 0.566. The van der Waals surface area contributed by atoms with Crippen molar-refractivity contribution in [2.45, 2.75) is 0 Å². The van der Waals surface area contributed by atoms with Gasteiger partial charge in [-0.3, -0.25) is 9.03 Å². The van der Waals surface area contributed by atoms with Gasteiger partial charge in [0, 0.05) is 19.3 Å². The molecule has 19 heavy (non-hydrogen) atoms. The molecule has 6 nitrogen and oxygen atoms in total. The van der Waals surface area contributed by atoms with Gasteiger partial charge in [-0.1, -0.05) is 0 Å². The third-order valence-electron chi connectivity index (χ3n) is 2.96. The minimum Gasteiger partial charge on any atom is -0.378 e. The predicted molar refractivity (Wildman–Crippen MR) is 72.6 cm³/mol. The van der Waals surface area contributed by atoms with Gasteiger partial charge in [0.15, 0.2) is 5.82 Å². The minimum absolute atomic E-state index is 0.566. The van der Waals surface area contributed by atoms with Crippen LogP contribution in [0.2, 0.25) is 0 Å². The number of nitrogens with one attached hydrogen (secondary N) is 1. The number of hydrogen-bond donors (Lipinski definition) is 1. The van der Waals surface area contributed by atoms with Crippen molar-refractivity contribution >= 4 is 18.0 Å². The van der Waals surface area contributed by atoms with Crippen LogP contribution in [0.3, 0.4) is 0 Å². The Hall–Kier alpha value is -1.91. The summed E-state index contributed by atoms with van der Waals surface area (Å²) in [7, 11) is 0. The number of nitriles is 1. The zero-order chi connectivity index (χ0) is 13.1. The highest BCUT2D eigenvalue weighted by atomic mass is 32.2. The number of aromatic nitrogens is 1. The first-order chi connectivity index (χ1) is 9.38. The van der Waals surface area contributed by atoms with E-state index in [1.807, 2.05) is 10.5 Å². The van der Waals surface area contributed by atoms with Crippen LogP contribution in [0, 0.1) is 11.3 Å². The van der Waals surface area contributed by atoms with Crippen molar-refractivity contribution in [2.24, 2.45) is 0 Å². The first-order valence-corrected chi connectivity index (χ1v) is 6.77. The van der Waals surface area contributed by atoms with Gasteiger partial charge < -0.3 is 9.64 Å². The highest BCUT2D eigenvalue weighted by molar-refractivity contribution is 7.99. The van der Waals surface area contributed by atoms with Crippen LogP contribution in [0.15, 0.2) is 30.4 Å². The van der Waals surface area contributed by atoms with Crippen molar-refractivity contribution in [3.8, 4) is 6.07 Å². The number of morpholine rings is 1. The Balaban J connectivity index is 1.80. The second-order valence-electron chi connectivity index (χ2n) is 4.12. The van der Waals surface area contributed by atoms with E-state index < -0.39 is 0 Å². The molecular weight excluding hydrogens is 262 g/mol. The average Bonchev–Trinajstić information content (AvgIpc) is 2.98. The fourth-order valence-electron chi connectivity index (χ4n) is 1.97. The van der Waals surface area contributed by atoms with E-state index in [0.29, 0.717) is 11.4 Å². The Kier molecular flexibility index (Phi) is 3.44. The molecule has 2 aliphatic heterocycles. The second-order valence-corrected chi connectivity index (χ2v) is 4.90. The predicted octanol–water partition coefficient (Wildman–Crippen LogP) is 1.06. The summed E-state index contributed by atoms with van der Waals surface area (Å²) >= 11 is 1.42. The lowest BCUT2D eigenvalue weighted by Crippen LogP contribution is -2.37. The largest absolute Gasteiger partial charge is 0.378 e. The number of nitrogens with zero attached hydrogens (tertiary/aromatic N) is 4. The molecule has 3 heterocycles. The van der Waals surface area contributed by atoms with Crippen molar-refractivity contribution in [3.63, 3.8) is 0 Å². The molecule has 0 amide bonds. The molecule has 0 saturated carbocycles. The first kappa shape index (κ1) is 12.1. The van der Waals surface area contributed by atoms with E-state index in [1.54, 1.807) is 18.3 Å². The summed E-state index contributed by atoms with van der Waals surface area (Å²) in [6, 6.07) is 5.69. The zero-order valence-corrected chi connectivity index (χ0v) is 11.1. The van der Waals surface area contributed by atoms with E-state index >= 15 is 0 Å². The lowest BCUT2D eigenvalue weighted by molar-refractivity contribution is 0.0522. The van der Waals surface area contributed by atoms with Crippen LogP contribution in [-0.4, -0.2) is 36.2 Å². The molecule has 3 rings (SSSR count). The molecule has 0 unspecified atom stereocenters. The summed E-state index contributed by atoms with van der Waals surface area (Å²) in [6.45, 7) is 3.24. The van der Waals surface area contributed by atoms with Crippen LogP contribution in [0.4, 0.5) is 5.82 Å². The molecule has 1 aromatic heterocycles. The fourth-order valence-corrected chi connectivity index (χ4v) is 2.73. The van der Waals surface area contributed by atoms with Gasteiger partial charge in [0.1, 0.15) is 11.9 Å². The molecule has 1 aromatic rings. The van der Waals surface area contributed by atoms with Gasteiger partial charge in [-0.05, 0) is 12.1 Å². The molecule has 0 spiro atoms. The molecule has 0 aliphatic carbocycles. The van der Waals surface area contributed by atoms with Crippen LogP contribution in [0.25, 0.3) is 0 Å². The maximum absolute atomic E-state index is 9.10. The standard InChI is InChI=1S/C12H13N5OS/c13-8-10-2-1-3-14-12(10)17-9-11(15-19-17)16-4-6-18-7-5-16/h1-3,9,15H,4-7H2. The number of hydrogen-bond acceptors (Lipinski definition) is 7. The third kappa shape index (κ3) is 2.45. The number of anilines is 1. The van der Waals surface area contributed by atoms with Crippen LogP contribution >= 0.6 is 12.1 Å². The van der Waals surface area contributed by atoms with E-state index in [1.165, 1.54) is 12.1 Å². The third-order valence-corrected chi connectivity index (χ3v) is 3.73.